The average Bonchev–Trinajstić information content (AvgIpc) is 3.71. The van der Waals surface area contributed by atoms with Crippen molar-refractivity contribution in [2.45, 2.75) is 38.5 Å². The highest BCUT2D eigenvalue weighted by Crippen LogP contribution is 2.35. The van der Waals surface area contributed by atoms with Crippen molar-refractivity contribution in [1.29, 1.82) is 0 Å². The first-order valence-electron chi connectivity index (χ1n) is 15.4. The van der Waals surface area contributed by atoms with Crippen LogP contribution < -0.4 is 5.32 Å². The Morgan fingerprint density at radius 2 is 1.55 bits per heavy atom. The SMILES string of the molecule is CC(C)(C)c1ccc(C(Cc2ccc(C(=O)NCCS(=O)(=O)O)cc2)c2cc(-c3cccc(-c4cc5ccccc5o4)c3)on2)cc1. The topological polar surface area (TPSA) is 123 Å². The molecule has 240 valence electrons. The summed E-state index contributed by atoms with van der Waals surface area (Å²) in [5.74, 6) is 0.331. The molecular weight excluding hydrogens is 612 g/mol. The number of hydrogen-bond acceptors (Lipinski definition) is 6. The van der Waals surface area contributed by atoms with Gasteiger partial charge in [0, 0.05) is 40.6 Å². The first kappa shape index (κ1) is 32.0. The predicted molar refractivity (Wildman–Crippen MR) is 183 cm³/mol. The standard InChI is InChI=1S/C38H36N2O6S/c1-38(2,3)31-17-15-26(16-18-31)32(21-25-11-13-27(14-12-25)37(41)39-19-20-47(42,43)44)33-24-36(46-40-33)29-9-6-8-28(22-29)35-23-30-7-4-5-10-34(30)45-35/h4-18,22-24,32H,19-21H2,1-3H3,(H,39,41)(H,42,43,44). The van der Waals surface area contributed by atoms with Gasteiger partial charge in [0.05, 0.1) is 11.4 Å². The van der Waals surface area contributed by atoms with Crippen molar-refractivity contribution in [2.24, 2.45) is 0 Å². The first-order chi connectivity index (χ1) is 22.4. The average molecular weight is 649 g/mol. The molecule has 0 saturated heterocycles. The molecule has 1 atom stereocenters. The van der Waals surface area contributed by atoms with E-state index in [9.17, 15) is 13.2 Å². The van der Waals surface area contributed by atoms with Gasteiger partial charge in [-0.25, -0.2) is 0 Å². The highest BCUT2D eigenvalue weighted by molar-refractivity contribution is 7.85. The van der Waals surface area contributed by atoms with E-state index in [1.807, 2.05) is 72.8 Å². The molecule has 4 aromatic carbocycles. The smallest absolute Gasteiger partial charge is 0.266 e. The number of rotatable bonds is 10. The lowest BCUT2D eigenvalue weighted by Crippen LogP contribution is -2.28. The van der Waals surface area contributed by atoms with E-state index in [1.54, 1.807) is 12.1 Å². The molecule has 0 spiro atoms. The zero-order valence-corrected chi connectivity index (χ0v) is 27.3. The molecule has 0 bridgehead atoms. The number of carbonyl (C=O) groups is 1. The van der Waals surface area contributed by atoms with E-state index in [4.69, 9.17) is 13.5 Å². The molecule has 0 aliphatic rings. The van der Waals surface area contributed by atoms with Crippen LogP contribution in [0.15, 0.2) is 118 Å². The van der Waals surface area contributed by atoms with Gasteiger partial charge in [-0.05, 0) is 58.9 Å². The third-order valence-electron chi connectivity index (χ3n) is 8.22. The molecule has 0 saturated carbocycles. The number of aromatic nitrogens is 1. The molecule has 8 nitrogen and oxygen atoms in total. The molecule has 0 aliphatic carbocycles. The summed E-state index contributed by atoms with van der Waals surface area (Å²) in [5.41, 5.74) is 7.14. The first-order valence-corrected chi connectivity index (χ1v) is 17.0. The van der Waals surface area contributed by atoms with E-state index in [-0.39, 0.29) is 17.9 Å². The Morgan fingerprint density at radius 1 is 0.851 bits per heavy atom. The van der Waals surface area contributed by atoms with Crippen molar-refractivity contribution in [3.05, 3.63) is 137 Å². The quantitative estimate of drug-likeness (QED) is 0.144. The van der Waals surface area contributed by atoms with Gasteiger partial charge in [-0.3, -0.25) is 9.35 Å². The molecule has 0 aliphatic heterocycles. The lowest BCUT2D eigenvalue weighted by atomic mass is 9.83. The van der Waals surface area contributed by atoms with E-state index >= 15 is 0 Å². The van der Waals surface area contributed by atoms with Crippen molar-refractivity contribution in [1.82, 2.24) is 10.5 Å². The summed E-state index contributed by atoms with van der Waals surface area (Å²) < 4.78 is 42.9. The number of hydrogen-bond donors (Lipinski definition) is 2. The number of nitrogens with zero attached hydrogens (tertiary/aromatic N) is 1. The van der Waals surface area contributed by atoms with Crippen LogP contribution in [0.4, 0.5) is 0 Å². The summed E-state index contributed by atoms with van der Waals surface area (Å²) in [7, 11) is -4.15. The Labute approximate surface area is 274 Å². The molecule has 2 N–H and O–H groups in total. The number of fused-ring (bicyclic) bond motifs is 1. The van der Waals surface area contributed by atoms with Gasteiger partial charge in [0.1, 0.15) is 11.3 Å². The van der Waals surface area contributed by atoms with Gasteiger partial charge >= 0.3 is 0 Å². The Hall–Kier alpha value is -4.99. The molecule has 0 radical (unpaired) electrons. The molecule has 1 amide bonds. The van der Waals surface area contributed by atoms with Crippen LogP contribution in [0, 0.1) is 0 Å². The number of nitrogens with one attached hydrogen (secondary N) is 1. The molecular formula is C38H36N2O6S. The number of benzene rings is 4. The maximum atomic E-state index is 12.5. The van der Waals surface area contributed by atoms with Crippen molar-refractivity contribution in [3.63, 3.8) is 0 Å². The van der Waals surface area contributed by atoms with E-state index in [0.717, 1.165) is 44.7 Å². The Kier molecular flexibility index (Phi) is 8.86. The zero-order chi connectivity index (χ0) is 33.2. The highest BCUT2D eigenvalue weighted by Gasteiger charge is 2.22. The van der Waals surface area contributed by atoms with Crippen LogP contribution in [0.25, 0.3) is 33.6 Å². The van der Waals surface area contributed by atoms with Crippen molar-refractivity contribution < 1.29 is 26.7 Å². The Balaban J connectivity index is 1.27. The molecule has 47 heavy (non-hydrogen) atoms. The van der Waals surface area contributed by atoms with Crippen LogP contribution in [0.1, 0.15) is 59.4 Å². The Bertz CT molecular complexity index is 2090. The van der Waals surface area contributed by atoms with E-state index in [0.29, 0.717) is 17.7 Å². The minimum atomic E-state index is -4.15. The second kappa shape index (κ2) is 13.0. The van der Waals surface area contributed by atoms with E-state index in [1.165, 1.54) is 5.56 Å². The maximum absolute atomic E-state index is 12.5. The van der Waals surface area contributed by atoms with Crippen LogP contribution in [-0.2, 0) is 22.0 Å². The fourth-order valence-corrected chi connectivity index (χ4v) is 5.93. The van der Waals surface area contributed by atoms with Gasteiger partial charge in [-0.2, -0.15) is 8.42 Å². The van der Waals surface area contributed by atoms with Gasteiger partial charge < -0.3 is 14.3 Å². The zero-order valence-electron chi connectivity index (χ0n) is 26.4. The highest BCUT2D eigenvalue weighted by atomic mass is 32.2. The molecule has 9 heteroatoms. The second-order valence-corrected chi connectivity index (χ2v) is 14.3. The Morgan fingerprint density at radius 3 is 2.23 bits per heavy atom. The van der Waals surface area contributed by atoms with Crippen LogP contribution in [0.2, 0.25) is 0 Å². The number of carbonyl (C=O) groups excluding carboxylic acids is 1. The predicted octanol–water partition coefficient (Wildman–Crippen LogP) is 8.04. The third kappa shape index (κ3) is 7.70. The van der Waals surface area contributed by atoms with Gasteiger partial charge in [0.25, 0.3) is 16.0 Å². The second-order valence-electron chi connectivity index (χ2n) is 12.7. The maximum Gasteiger partial charge on any atom is 0.266 e. The van der Waals surface area contributed by atoms with Crippen molar-refractivity contribution in [3.8, 4) is 22.6 Å². The van der Waals surface area contributed by atoms with Crippen LogP contribution in [0.3, 0.4) is 0 Å². The van der Waals surface area contributed by atoms with Gasteiger partial charge in [-0.15, -0.1) is 0 Å². The molecule has 6 rings (SSSR count). The van der Waals surface area contributed by atoms with Gasteiger partial charge in [0.15, 0.2) is 5.76 Å². The number of amides is 1. The van der Waals surface area contributed by atoms with Crippen molar-refractivity contribution >= 4 is 27.0 Å². The molecule has 2 heterocycles. The summed E-state index contributed by atoms with van der Waals surface area (Å²) in [4.78, 5) is 12.5. The van der Waals surface area contributed by atoms with Crippen LogP contribution in [0.5, 0.6) is 0 Å². The molecule has 6 aromatic rings. The summed E-state index contributed by atoms with van der Waals surface area (Å²) in [6.45, 7) is 6.37. The summed E-state index contributed by atoms with van der Waals surface area (Å²) in [6.07, 6.45) is 0.602. The lowest BCUT2D eigenvalue weighted by Gasteiger charge is -2.21. The molecule has 0 fully saturated rings. The fraction of sp³-hybridized carbons (Fsp3) is 0.211. The normalized spacial score (nSPS) is 12.7. The third-order valence-corrected chi connectivity index (χ3v) is 8.94. The minimum absolute atomic E-state index is 0.0116. The molecule has 1 unspecified atom stereocenters. The monoisotopic (exact) mass is 648 g/mol. The van der Waals surface area contributed by atoms with Gasteiger partial charge in [-0.1, -0.05) is 98.7 Å². The molecule has 2 aromatic heterocycles. The number of para-hydroxylation sites is 1. The fourth-order valence-electron chi connectivity index (χ4n) is 5.57. The van der Waals surface area contributed by atoms with Gasteiger partial charge in [0.2, 0.25) is 0 Å². The minimum Gasteiger partial charge on any atom is -0.456 e. The lowest BCUT2D eigenvalue weighted by molar-refractivity contribution is 0.0956. The number of furan rings is 1. The van der Waals surface area contributed by atoms with Crippen LogP contribution >= 0.6 is 0 Å². The largest absolute Gasteiger partial charge is 0.456 e. The van der Waals surface area contributed by atoms with Crippen LogP contribution in [-0.4, -0.2) is 36.3 Å². The van der Waals surface area contributed by atoms with E-state index < -0.39 is 21.8 Å². The van der Waals surface area contributed by atoms with Crippen molar-refractivity contribution in [2.75, 3.05) is 12.3 Å². The summed E-state index contributed by atoms with van der Waals surface area (Å²) in [6, 6.07) is 35.7. The summed E-state index contributed by atoms with van der Waals surface area (Å²) >= 11 is 0. The summed E-state index contributed by atoms with van der Waals surface area (Å²) in [5, 5.41) is 8.10. The van der Waals surface area contributed by atoms with E-state index in [2.05, 4.69) is 55.5 Å².